The number of halogens is 2. The number of aliphatic imine (C=N–C) groups is 1. The lowest BCUT2D eigenvalue weighted by Crippen LogP contribution is -2.48. The van der Waals surface area contributed by atoms with E-state index in [0.29, 0.717) is 25.6 Å². The lowest BCUT2D eigenvalue weighted by molar-refractivity contribution is 0.0463. The van der Waals surface area contributed by atoms with Crippen LogP contribution in [0.1, 0.15) is 26.3 Å². The summed E-state index contributed by atoms with van der Waals surface area (Å²) < 4.78 is 32.6. The molecule has 11 heteroatoms. The summed E-state index contributed by atoms with van der Waals surface area (Å²) in [5.74, 6) is -0.544. The molecule has 1 aromatic heterocycles. The molecular formula is C30H28Cl2N4O4S. The summed E-state index contributed by atoms with van der Waals surface area (Å²) in [6.07, 6.45) is 0.449. The molecular weight excluding hydrogens is 583 g/mol. The van der Waals surface area contributed by atoms with Crippen molar-refractivity contribution in [2.24, 2.45) is 10.7 Å². The third-order valence-corrected chi connectivity index (χ3v) is 7.88. The molecule has 0 spiro atoms. The summed E-state index contributed by atoms with van der Waals surface area (Å²) in [4.78, 5) is 21.9. The second kappa shape index (κ2) is 12.3. The second-order valence-electron chi connectivity index (χ2n) is 9.99. The van der Waals surface area contributed by atoms with Crippen LogP contribution in [0.4, 0.5) is 4.79 Å². The van der Waals surface area contributed by atoms with Gasteiger partial charge in [0.1, 0.15) is 5.60 Å². The van der Waals surface area contributed by atoms with Gasteiger partial charge in [-0.1, -0.05) is 65.7 Å². The number of nitrogens with zero attached hydrogens (tertiary/aromatic N) is 3. The number of ether oxygens (including phenoxy) is 1. The van der Waals surface area contributed by atoms with E-state index in [-0.39, 0.29) is 11.4 Å². The van der Waals surface area contributed by atoms with E-state index in [9.17, 15) is 13.2 Å². The van der Waals surface area contributed by atoms with E-state index in [0.717, 1.165) is 16.7 Å². The SMILES string of the molecule is CC(C)(C)OC(=O)N(C(N)=NCc1cnc(-c2ccc(Cl)cc2)c(-c2ccc(Cl)cc2)c1)S(=O)(=O)c1ccccc1. The number of carbonyl (C=O) groups is 1. The van der Waals surface area contributed by atoms with Gasteiger partial charge >= 0.3 is 6.09 Å². The first-order chi connectivity index (χ1) is 19.3. The van der Waals surface area contributed by atoms with Crippen LogP contribution in [0, 0.1) is 0 Å². The Kier molecular flexibility index (Phi) is 9.01. The molecule has 0 aliphatic carbocycles. The molecule has 0 atom stereocenters. The number of nitrogens with two attached hydrogens (primary N) is 1. The fourth-order valence-corrected chi connectivity index (χ4v) is 5.34. The van der Waals surface area contributed by atoms with Crippen molar-refractivity contribution in [3.8, 4) is 22.4 Å². The highest BCUT2D eigenvalue weighted by Crippen LogP contribution is 2.33. The van der Waals surface area contributed by atoms with Crippen LogP contribution in [-0.2, 0) is 21.3 Å². The van der Waals surface area contributed by atoms with Gasteiger partial charge in [-0.3, -0.25) is 4.98 Å². The Hall–Kier alpha value is -3.92. The molecule has 0 saturated heterocycles. The van der Waals surface area contributed by atoms with Crippen molar-refractivity contribution in [1.82, 2.24) is 9.29 Å². The molecule has 8 nitrogen and oxygen atoms in total. The lowest BCUT2D eigenvalue weighted by atomic mass is 9.98. The van der Waals surface area contributed by atoms with Crippen molar-refractivity contribution in [2.75, 3.05) is 0 Å². The molecule has 0 bridgehead atoms. The number of rotatable bonds is 6. The first-order valence-electron chi connectivity index (χ1n) is 12.5. The predicted octanol–water partition coefficient (Wildman–Crippen LogP) is 7.16. The minimum Gasteiger partial charge on any atom is -0.443 e. The van der Waals surface area contributed by atoms with E-state index >= 15 is 0 Å². The molecule has 212 valence electrons. The summed E-state index contributed by atoms with van der Waals surface area (Å²) in [6, 6.07) is 23.9. The molecule has 4 aromatic rings. The van der Waals surface area contributed by atoms with Gasteiger partial charge in [-0.05, 0) is 74.4 Å². The van der Waals surface area contributed by atoms with Gasteiger partial charge in [-0.15, -0.1) is 4.31 Å². The zero-order valence-electron chi connectivity index (χ0n) is 22.6. The Bertz CT molecular complexity index is 1670. The highest BCUT2D eigenvalue weighted by Gasteiger charge is 2.36. The molecule has 0 radical (unpaired) electrons. The quantitative estimate of drug-likeness (QED) is 0.183. The molecule has 0 unspecified atom stereocenters. The summed E-state index contributed by atoms with van der Waals surface area (Å²) in [5.41, 5.74) is 8.99. The van der Waals surface area contributed by atoms with Crippen LogP contribution in [0.2, 0.25) is 10.0 Å². The van der Waals surface area contributed by atoms with E-state index in [2.05, 4.69) is 9.98 Å². The smallest absolute Gasteiger partial charge is 0.431 e. The van der Waals surface area contributed by atoms with Crippen LogP contribution in [0.5, 0.6) is 0 Å². The maximum atomic E-state index is 13.4. The Morgan fingerprint density at radius 3 is 2.05 bits per heavy atom. The minimum absolute atomic E-state index is 0.0655. The molecule has 0 aliphatic rings. The maximum absolute atomic E-state index is 13.4. The number of carbonyl (C=O) groups excluding carboxylic acids is 1. The molecule has 1 amide bonds. The van der Waals surface area contributed by atoms with Gasteiger partial charge < -0.3 is 10.5 Å². The van der Waals surface area contributed by atoms with Crippen LogP contribution >= 0.6 is 23.2 Å². The summed E-state index contributed by atoms with van der Waals surface area (Å²) in [7, 11) is -4.41. The van der Waals surface area contributed by atoms with Gasteiger partial charge in [-0.2, -0.15) is 0 Å². The predicted molar refractivity (Wildman–Crippen MR) is 162 cm³/mol. The number of hydrogen-bond donors (Lipinski definition) is 1. The minimum atomic E-state index is -4.41. The highest BCUT2D eigenvalue weighted by atomic mass is 35.5. The van der Waals surface area contributed by atoms with Crippen molar-refractivity contribution < 1.29 is 17.9 Å². The van der Waals surface area contributed by atoms with Gasteiger partial charge in [0, 0.05) is 27.4 Å². The van der Waals surface area contributed by atoms with E-state index < -0.39 is 27.7 Å². The summed E-state index contributed by atoms with van der Waals surface area (Å²) in [6.45, 7) is 4.80. The fourth-order valence-electron chi connectivity index (χ4n) is 3.83. The Morgan fingerprint density at radius 2 is 1.49 bits per heavy atom. The zero-order chi connectivity index (χ0) is 29.8. The van der Waals surface area contributed by atoms with Gasteiger partial charge in [0.25, 0.3) is 10.0 Å². The second-order valence-corrected chi connectivity index (χ2v) is 12.7. The third kappa shape index (κ3) is 7.43. The third-order valence-electron chi connectivity index (χ3n) is 5.69. The molecule has 2 N–H and O–H groups in total. The van der Waals surface area contributed by atoms with Crippen molar-refractivity contribution in [2.45, 2.75) is 37.8 Å². The number of guanidine groups is 1. The number of sulfonamides is 1. The van der Waals surface area contributed by atoms with Crippen molar-refractivity contribution in [3.05, 3.63) is 107 Å². The largest absolute Gasteiger partial charge is 0.443 e. The van der Waals surface area contributed by atoms with E-state index in [1.165, 1.54) is 12.1 Å². The maximum Gasteiger partial charge on any atom is 0.431 e. The van der Waals surface area contributed by atoms with Gasteiger partial charge in [0.2, 0.25) is 5.96 Å². The fraction of sp³-hybridized carbons (Fsp3) is 0.167. The molecule has 4 rings (SSSR count). The Balaban J connectivity index is 1.74. The van der Waals surface area contributed by atoms with Crippen LogP contribution in [0.3, 0.4) is 0 Å². The molecule has 0 fully saturated rings. The summed E-state index contributed by atoms with van der Waals surface area (Å²) >= 11 is 12.2. The van der Waals surface area contributed by atoms with Crippen molar-refractivity contribution in [1.29, 1.82) is 0 Å². The molecule has 3 aromatic carbocycles. The molecule has 1 heterocycles. The monoisotopic (exact) mass is 610 g/mol. The standard InChI is InChI=1S/C30H28Cl2N4O4S/c1-30(2,3)40-29(37)36(41(38,39)25-7-5-4-6-8-25)28(33)35-19-20-17-26(21-9-13-23(31)14-10-21)27(34-18-20)22-11-15-24(32)16-12-22/h4-18H,19H2,1-3H3,(H2,33,35). The number of aromatic nitrogens is 1. The normalized spacial score (nSPS) is 12.2. The number of benzene rings is 3. The molecule has 41 heavy (non-hydrogen) atoms. The number of amides is 1. The average molecular weight is 612 g/mol. The van der Waals surface area contributed by atoms with Crippen molar-refractivity contribution in [3.63, 3.8) is 0 Å². The first kappa shape index (κ1) is 30.0. The number of pyridine rings is 1. The number of hydrogen-bond acceptors (Lipinski definition) is 6. The van der Waals surface area contributed by atoms with Gasteiger partial charge in [-0.25, -0.2) is 18.2 Å². The summed E-state index contributed by atoms with van der Waals surface area (Å²) in [5, 5.41) is 1.19. The van der Waals surface area contributed by atoms with Gasteiger partial charge in [0.05, 0.1) is 17.1 Å². The lowest BCUT2D eigenvalue weighted by Gasteiger charge is -2.26. The van der Waals surface area contributed by atoms with Crippen molar-refractivity contribution >= 4 is 45.3 Å². The van der Waals surface area contributed by atoms with Crippen LogP contribution < -0.4 is 5.73 Å². The first-order valence-corrected chi connectivity index (χ1v) is 14.7. The molecule has 0 saturated carbocycles. The Labute approximate surface area is 249 Å². The Morgan fingerprint density at radius 1 is 0.927 bits per heavy atom. The molecule has 0 aliphatic heterocycles. The van der Waals surface area contributed by atoms with E-state index in [4.69, 9.17) is 33.7 Å². The zero-order valence-corrected chi connectivity index (χ0v) is 24.9. The van der Waals surface area contributed by atoms with E-state index in [1.54, 1.807) is 69.4 Å². The van der Waals surface area contributed by atoms with Crippen LogP contribution in [0.25, 0.3) is 22.4 Å². The van der Waals surface area contributed by atoms with Gasteiger partial charge in [0.15, 0.2) is 0 Å². The van der Waals surface area contributed by atoms with E-state index in [1.807, 2.05) is 30.3 Å². The topological polar surface area (TPSA) is 115 Å². The highest BCUT2D eigenvalue weighted by molar-refractivity contribution is 7.90. The van der Waals surface area contributed by atoms with Crippen LogP contribution in [0.15, 0.2) is 101 Å². The average Bonchev–Trinajstić information content (AvgIpc) is 2.92. The van der Waals surface area contributed by atoms with Crippen LogP contribution in [-0.4, -0.2) is 35.4 Å².